The lowest BCUT2D eigenvalue weighted by atomic mass is 10.1. The Morgan fingerprint density at radius 1 is 1.27 bits per heavy atom. The van der Waals surface area contributed by atoms with Crippen molar-refractivity contribution in [2.45, 2.75) is 39.8 Å². The van der Waals surface area contributed by atoms with Crippen molar-refractivity contribution in [1.82, 2.24) is 9.03 Å². The standard InChI is InChI=1S/C9H21BrN2O2S/c1-7(2)9(6-10)11-15(13,14)12(5)8(3)4/h7-9,11H,6H2,1-5H3. The lowest BCUT2D eigenvalue weighted by molar-refractivity contribution is 0.387. The second kappa shape index (κ2) is 6.18. The quantitative estimate of drug-likeness (QED) is 0.757. The van der Waals surface area contributed by atoms with Crippen molar-refractivity contribution >= 4 is 26.1 Å². The molecule has 0 radical (unpaired) electrons. The van der Waals surface area contributed by atoms with E-state index >= 15 is 0 Å². The maximum absolute atomic E-state index is 11.8. The minimum absolute atomic E-state index is 0.0364. The molecule has 0 aromatic rings. The third-order valence-electron chi connectivity index (χ3n) is 2.38. The van der Waals surface area contributed by atoms with E-state index in [0.717, 1.165) is 0 Å². The number of hydrogen-bond acceptors (Lipinski definition) is 2. The van der Waals surface area contributed by atoms with Gasteiger partial charge in [0.1, 0.15) is 0 Å². The maximum atomic E-state index is 11.8. The van der Waals surface area contributed by atoms with Gasteiger partial charge in [0.2, 0.25) is 0 Å². The van der Waals surface area contributed by atoms with Crippen LogP contribution in [0.5, 0.6) is 0 Å². The molecule has 0 heterocycles. The predicted molar refractivity (Wildman–Crippen MR) is 67.4 cm³/mol. The van der Waals surface area contributed by atoms with Crippen molar-refractivity contribution < 1.29 is 8.42 Å². The number of rotatable bonds is 6. The fraction of sp³-hybridized carbons (Fsp3) is 1.00. The first-order valence-corrected chi connectivity index (χ1v) is 7.59. The number of hydrogen-bond donors (Lipinski definition) is 1. The van der Waals surface area contributed by atoms with Gasteiger partial charge in [-0.1, -0.05) is 29.8 Å². The summed E-state index contributed by atoms with van der Waals surface area (Å²) in [6.07, 6.45) is 0. The van der Waals surface area contributed by atoms with E-state index in [1.807, 2.05) is 27.7 Å². The fourth-order valence-corrected chi connectivity index (χ4v) is 3.48. The summed E-state index contributed by atoms with van der Waals surface area (Å²) in [6, 6.07) is -0.109. The van der Waals surface area contributed by atoms with Gasteiger partial charge in [-0.3, -0.25) is 0 Å². The van der Waals surface area contributed by atoms with E-state index in [1.54, 1.807) is 7.05 Å². The highest BCUT2D eigenvalue weighted by Crippen LogP contribution is 2.09. The third kappa shape index (κ3) is 4.80. The molecule has 0 bridgehead atoms. The Morgan fingerprint density at radius 2 is 1.73 bits per heavy atom. The fourth-order valence-electron chi connectivity index (χ4n) is 0.898. The predicted octanol–water partition coefficient (Wildman–Crippen LogP) is 1.58. The monoisotopic (exact) mass is 300 g/mol. The molecule has 0 saturated carbocycles. The Bertz CT molecular complexity index is 278. The summed E-state index contributed by atoms with van der Waals surface area (Å²) < 4.78 is 27.7. The summed E-state index contributed by atoms with van der Waals surface area (Å²) in [5.74, 6) is 0.264. The van der Waals surface area contributed by atoms with Gasteiger partial charge in [-0.15, -0.1) is 0 Å². The van der Waals surface area contributed by atoms with Gasteiger partial charge >= 0.3 is 0 Å². The zero-order chi connectivity index (χ0) is 12.2. The molecule has 0 amide bonds. The van der Waals surface area contributed by atoms with Crippen LogP contribution >= 0.6 is 15.9 Å². The smallest absolute Gasteiger partial charge is 0.198 e. The minimum Gasteiger partial charge on any atom is -0.198 e. The first kappa shape index (κ1) is 15.3. The van der Waals surface area contributed by atoms with Crippen molar-refractivity contribution in [1.29, 1.82) is 0 Å². The molecule has 0 aliphatic rings. The van der Waals surface area contributed by atoms with Crippen LogP contribution in [-0.4, -0.2) is 37.2 Å². The summed E-state index contributed by atoms with van der Waals surface area (Å²) in [5, 5.41) is 0.621. The zero-order valence-electron chi connectivity index (χ0n) is 9.99. The summed E-state index contributed by atoms with van der Waals surface area (Å²) in [7, 11) is -1.78. The molecule has 1 unspecified atom stereocenters. The van der Waals surface area contributed by atoms with Gasteiger partial charge in [0, 0.05) is 24.5 Å². The second-order valence-corrected chi connectivity index (χ2v) is 6.65. The van der Waals surface area contributed by atoms with Crippen LogP contribution in [-0.2, 0) is 10.2 Å². The van der Waals surface area contributed by atoms with Crippen LogP contribution in [0.1, 0.15) is 27.7 Å². The molecule has 0 fully saturated rings. The van der Waals surface area contributed by atoms with Crippen LogP contribution in [0.4, 0.5) is 0 Å². The van der Waals surface area contributed by atoms with Gasteiger partial charge in [0.25, 0.3) is 10.2 Å². The van der Waals surface area contributed by atoms with Gasteiger partial charge < -0.3 is 0 Å². The topological polar surface area (TPSA) is 49.4 Å². The zero-order valence-corrected chi connectivity index (χ0v) is 12.4. The Balaban J connectivity index is 4.63. The van der Waals surface area contributed by atoms with E-state index in [-0.39, 0.29) is 18.0 Å². The van der Waals surface area contributed by atoms with Gasteiger partial charge in [0.05, 0.1) is 0 Å². The second-order valence-electron chi connectivity index (χ2n) is 4.24. The van der Waals surface area contributed by atoms with E-state index in [1.165, 1.54) is 4.31 Å². The van der Waals surface area contributed by atoms with E-state index in [2.05, 4.69) is 20.7 Å². The summed E-state index contributed by atoms with van der Waals surface area (Å²) >= 11 is 3.31. The molecule has 0 aromatic carbocycles. The molecule has 6 heteroatoms. The normalized spacial score (nSPS) is 15.3. The van der Waals surface area contributed by atoms with E-state index < -0.39 is 10.2 Å². The molecule has 92 valence electrons. The molecule has 0 rings (SSSR count). The van der Waals surface area contributed by atoms with Gasteiger partial charge in [0.15, 0.2) is 0 Å². The molecule has 0 saturated heterocycles. The van der Waals surface area contributed by atoms with Crippen molar-refractivity contribution in [2.24, 2.45) is 5.92 Å². The Morgan fingerprint density at radius 3 is 2.00 bits per heavy atom. The van der Waals surface area contributed by atoms with Gasteiger partial charge in [-0.25, -0.2) is 0 Å². The van der Waals surface area contributed by atoms with E-state index in [9.17, 15) is 8.42 Å². The van der Waals surface area contributed by atoms with Crippen molar-refractivity contribution in [2.75, 3.05) is 12.4 Å². The molecule has 0 aliphatic carbocycles. The number of nitrogens with one attached hydrogen (secondary N) is 1. The molecule has 0 aliphatic heterocycles. The molecule has 4 nitrogen and oxygen atoms in total. The lowest BCUT2D eigenvalue weighted by Gasteiger charge is -2.26. The van der Waals surface area contributed by atoms with Crippen molar-refractivity contribution in [3.63, 3.8) is 0 Å². The van der Waals surface area contributed by atoms with E-state index in [4.69, 9.17) is 0 Å². The molecular formula is C9H21BrN2O2S. The average Bonchev–Trinajstić information content (AvgIpc) is 2.12. The van der Waals surface area contributed by atoms with Crippen LogP contribution in [0, 0.1) is 5.92 Å². The van der Waals surface area contributed by atoms with Crippen LogP contribution in [0.15, 0.2) is 0 Å². The Kier molecular flexibility index (Phi) is 6.32. The highest BCUT2D eigenvalue weighted by atomic mass is 79.9. The number of nitrogens with zero attached hydrogens (tertiary/aromatic N) is 1. The van der Waals surface area contributed by atoms with E-state index in [0.29, 0.717) is 5.33 Å². The largest absolute Gasteiger partial charge is 0.279 e. The van der Waals surface area contributed by atoms with Crippen molar-refractivity contribution in [3.05, 3.63) is 0 Å². The van der Waals surface area contributed by atoms with Crippen LogP contribution in [0.3, 0.4) is 0 Å². The highest BCUT2D eigenvalue weighted by molar-refractivity contribution is 9.09. The summed E-state index contributed by atoms with van der Waals surface area (Å²) in [4.78, 5) is 0. The van der Waals surface area contributed by atoms with Crippen LogP contribution in [0.25, 0.3) is 0 Å². The van der Waals surface area contributed by atoms with Crippen LogP contribution in [0.2, 0.25) is 0 Å². The molecule has 1 atom stereocenters. The average molecular weight is 301 g/mol. The van der Waals surface area contributed by atoms with Crippen LogP contribution < -0.4 is 4.72 Å². The molecule has 0 spiro atoms. The lowest BCUT2D eigenvalue weighted by Crippen LogP contribution is -2.48. The Hall–Kier alpha value is 0.350. The minimum atomic E-state index is -3.36. The molecular weight excluding hydrogens is 280 g/mol. The third-order valence-corrected chi connectivity index (χ3v) is 4.86. The van der Waals surface area contributed by atoms with Crippen molar-refractivity contribution in [3.8, 4) is 0 Å². The van der Waals surface area contributed by atoms with Gasteiger partial charge in [-0.2, -0.15) is 17.4 Å². The summed E-state index contributed by atoms with van der Waals surface area (Å²) in [5.41, 5.74) is 0. The first-order valence-electron chi connectivity index (χ1n) is 5.03. The molecule has 0 aromatic heterocycles. The molecule has 15 heavy (non-hydrogen) atoms. The van der Waals surface area contributed by atoms with Gasteiger partial charge in [-0.05, 0) is 19.8 Å². The SMILES string of the molecule is CC(C)C(CBr)NS(=O)(=O)N(C)C(C)C. The first-order chi connectivity index (χ1) is 6.72. The Labute approximate surface area is 102 Å². The summed E-state index contributed by atoms with van der Waals surface area (Å²) in [6.45, 7) is 7.67. The highest BCUT2D eigenvalue weighted by Gasteiger charge is 2.25. The number of alkyl halides is 1. The number of halogens is 1. The maximum Gasteiger partial charge on any atom is 0.279 e. The molecule has 1 N–H and O–H groups in total.